The molecule has 1 saturated carbocycles. The number of carboxylic acid groups (broad SMARTS) is 1. The predicted molar refractivity (Wildman–Crippen MR) is 89.7 cm³/mol. The van der Waals surface area contributed by atoms with E-state index in [0.717, 1.165) is 25.7 Å². The van der Waals surface area contributed by atoms with Crippen molar-refractivity contribution in [2.24, 2.45) is 5.92 Å². The molecule has 1 N–H and O–H groups in total. The van der Waals surface area contributed by atoms with Gasteiger partial charge in [0.05, 0.1) is 19.1 Å². The quantitative estimate of drug-likeness (QED) is 0.921. The topological polar surface area (TPSA) is 66.8 Å². The van der Waals surface area contributed by atoms with Crippen LogP contribution < -0.4 is 0 Å². The number of morpholine rings is 1. The number of aliphatic carboxylic acids is 1. The summed E-state index contributed by atoms with van der Waals surface area (Å²) in [4.78, 5) is 25.4. The molecule has 5 heteroatoms. The van der Waals surface area contributed by atoms with Crippen molar-refractivity contribution >= 4 is 11.9 Å². The molecule has 0 bridgehead atoms. The Kier molecular flexibility index (Phi) is 5.51. The molecule has 2 fully saturated rings. The Morgan fingerprint density at radius 2 is 1.83 bits per heavy atom. The third-order valence-electron chi connectivity index (χ3n) is 5.20. The molecule has 1 heterocycles. The maximum atomic E-state index is 12.8. The van der Waals surface area contributed by atoms with E-state index in [1.807, 2.05) is 11.0 Å². The fourth-order valence-electron chi connectivity index (χ4n) is 3.89. The van der Waals surface area contributed by atoms with Crippen LogP contribution >= 0.6 is 0 Å². The molecule has 0 radical (unpaired) electrons. The van der Waals surface area contributed by atoms with Gasteiger partial charge in [0.25, 0.3) is 0 Å². The Hall–Kier alpha value is -1.88. The largest absolute Gasteiger partial charge is 0.481 e. The van der Waals surface area contributed by atoms with E-state index < -0.39 is 5.97 Å². The zero-order valence-electron chi connectivity index (χ0n) is 13.9. The highest BCUT2D eigenvalue weighted by atomic mass is 16.5. The normalized spacial score (nSPS) is 27.7. The van der Waals surface area contributed by atoms with Gasteiger partial charge < -0.3 is 14.7 Å². The number of hydrogen-bond donors (Lipinski definition) is 1. The van der Waals surface area contributed by atoms with Crippen molar-refractivity contribution in [3.8, 4) is 0 Å². The van der Waals surface area contributed by atoms with Crippen molar-refractivity contribution in [1.29, 1.82) is 0 Å². The molecule has 3 rings (SSSR count). The first-order valence-electron chi connectivity index (χ1n) is 8.80. The molecule has 1 saturated heterocycles. The summed E-state index contributed by atoms with van der Waals surface area (Å²) in [5.41, 5.74) is 1.37. The van der Waals surface area contributed by atoms with Crippen LogP contribution in [0.4, 0.5) is 0 Å². The maximum Gasteiger partial charge on any atom is 0.306 e. The molecule has 1 aromatic carbocycles. The number of benzene rings is 1. The van der Waals surface area contributed by atoms with Crippen LogP contribution in [0.15, 0.2) is 30.3 Å². The lowest BCUT2D eigenvalue weighted by molar-refractivity contribution is -0.150. The lowest BCUT2D eigenvalue weighted by Gasteiger charge is -2.36. The van der Waals surface area contributed by atoms with E-state index in [0.29, 0.717) is 25.6 Å². The Bertz CT molecular complexity index is 566. The van der Waals surface area contributed by atoms with Crippen LogP contribution in [0, 0.1) is 5.92 Å². The Morgan fingerprint density at radius 3 is 2.50 bits per heavy atom. The van der Waals surface area contributed by atoms with Gasteiger partial charge in [-0.15, -0.1) is 0 Å². The maximum absolute atomic E-state index is 12.8. The second kappa shape index (κ2) is 7.79. The van der Waals surface area contributed by atoms with Crippen molar-refractivity contribution in [1.82, 2.24) is 4.90 Å². The first-order chi connectivity index (χ1) is 11.6. The predicted octanol–water partition coefficient (Wildman–Crippen LogP) is 2.66. The zero-order valence-corrected chi connectivity index (χ0v) is 13.9. The molecule has 1 amide bonds. The minimum atomic E-state index is -0.877. The second-order valence-corrected chi connectivity index (χ2v) is 6.83. The summed E-state index contributed by atoms with van der Waals surface area (Å²) in [6.07, 6.45) is 3.51. The lowest BCUT2D eigenvalue weighted by atomic mass is 9.78. The lowest BCUT2D eigenvalue weighted by Crippen LogP contribution is -2.48. The van der Waals surface area contributed by atoms with Gasteiger partial charge in [-0.3, -0.25) is 9.59 Å². The number of rotatable bonds is 4. The molecule has 1 aliphatic carbocycles. The van der Waals surface area contributed by atoms with Gasteiger partial charge in [0, 0.05) is 19.0 Å². The molecular weight excluding hydrogens is 306 g/mol. The highest BCUT2D eigenvalue weighted by Crippen LogP contribution is 2.36. The second-order valence-electron chi connectivity index (χ2n) is 6.83. The molecule has 0 unspecified atom stereocenters. The van der Waals surface area contributed by atoms with Crippen molar-refractivity contribution in [2.45, 2.75) is 44.1 Å². The Balaban J connectivity index is 1.52. The van der Waals surface area contributed by atoms with Crippen LogP contribution in [0.1, 0.15) is 43.6 Å². The van der Waals surface area contributed by atoms with E-state index in [4.69, 9.17) is 9.84 Å². The van der Waals surface area contributed by atoms with E-state index >= 15 is 0 Å². The molecule has 1 aliphatic heterocycles. The number of carbonyl (C=O) groups is 2. The standard InChI is InChI=1S/C19H25NO4/c21-18(22)12-17-13-20(10-11-24-17)19(23)16-8-6-15(7-9-16)14-4-2-1-3-5-14/h1-5,15-17H,6-13H2,(H,21,22)/t15?,16?,17-/m0/s1. The molecule has 1 aromatic rings. The first kappa shape index (κ1) is 17.0. The van der Waals surface area contributed by atoms with Crippen LogP contribution in [0.5, 0.6) is 0 Å². The summed E-state index contributed by atoms with van der Waals surface area (Å²) in [5, 5.41) is 8.89. The van der Waals surface area contributed by atoms with Gasteiger partial charge in [-0.2, -0.15) is 0 Å². The molecule has 5 nitrogen and oxygen atoms in total. The van der Waals surface area contributed by atoms with E-state index in [9.17, 15) is 9.59 Å². The van der Waals surface area contributed by atoms with Crippen LogP contribution in [0.3, 0.4) is 0 Å². The van der Waals surface area contributed by atoms with Gasteiger partial charge in [0.2, 0.25) is 5.91 Å². The average molecular weight is 331 g/mol. The number of ether oxygens (including phenoxy) is 1. The first-order valence-corrected chi connectivity index (χ1v) is 8.80. The van der Waals surface area contributed by atoms with E-state index in [1.165, 1.54) is 5.56 Å². The van der Waals surface area contributed by atoms with Gasteiger partial charge in [-0.25, -0.2) is 0 Å². The minimum absolute atomic E-state index is 0.0372. The van der Waals surface area contributed by atoms with Gasteiger partial charge in [-0.05, 0) is 37.2 Å². The highest BCUT2D eigenvalue weighted by molar-refractivity contribution is 5.79. The van der Waals surface area contributed by atoms with E-state index in [1.54, 1.807) is 0 Å². The molecule has 1 atom stereocenters. The van der Waals surface area contributed by atoms with Crippen molar-refractivity contribution in [3.63, 3.8) is 0 Å². The van der Waals surface area contributed by atoms with Gasteiger partial charge in [0.15, 0.2) is 0 Å². The summed E-state index contributed by atoms with van der Waals surface area (Å²) < 4.78 is 5.46. The monoisotopic (exact) mass is 331 g/mol. The summed E-state index contributed by atoms with van der Waals surface area (Å²) in [5.74, 6) is -0.0638. The average Bonchev–Trinajstić information content (AvgIpc) is 2.62. The molecule has 0 aromatic heterocycles. The summed E-state index contributed by atoms with van der Waals surface area (Å²) in [6.45, 7) is 1.42. The smallest absolute Gasteiger partial charge is 0.306 e. The van der Waals surface area contributed by atoms with Gasteiger partial charge in [-0.1, -0.05) is 30.3 Å². The van der Waals surface area contributed by atoms with Crippen molar-refractivity contribution < 1.29 is 19.4 Å². The Morgan fingerprint density at radius 1 is 1.12 bits per heavy atom. The highest BCUT2D eigenvalue weighted by Gasteiger charge is 2.33. The number of hydrogen-bond acceptors (Lipinski definition) is 3. The molecule has 130 valence electrons. The number of carbonyl (C=O) groups excluding carboxylic acids is 1. The van der Waals surface area contributed by atoms with Crippen LogP contribution in [-0.4, -0.2) is 47.7 Å². The van der Waals surface area contributed by atoms with E-state index in [-0.39, 0.29) is 24.3 Å². The number of amides is 1. The molecule has 0 spiro atoms. The Labute approximate surface area is 142 Å². The van der Waals surface area contributed by atoms with Crippen LogP contribution in [0.2, 0.25) is 0 Å². The summed E-state index contributed by atoms with van der Waals surface area (Å²) in [7, 11) is 0. The van der Waals surface area contributed by atoms with Crippen molar-refractivity contribution in [3.05, 3.63) is 35.9 Å². The molecule has 2 aliphatic rings. The fourth-order valence-corrected chi connectivity index (χ4v) is 3.89. The summed E-state index contributed by atoms with van der Waals surface area (Å²) >= 11 is 0. The summed E-state index contributed by atoms with van der Waals surface area (Å²) in [6, 6.07) is 10.5. The zero-order chi connectivity index (χ0) is 16.9. The van der Waals surface area contributed by atoms with Crippen LogP contribution in [-0.2, 0) is 14.3 Å². The molecule has 24 heavy (non-hydrogen) atoms. The van der Waals surface area contributed by atoms with E-state index in [2.05, 4.69) is 24.3 Å². The third-order valence-corrected chi connectivity index (χ3v) is 5.20. The number of carboxylic acids is 1. The third kappa shape index (κ3) is 4.15. The van der Waals surface area contributed by atoms with Gasteiger partial charge >= 0.3 is 5.97 Å². The minimum Gasteiger partial charge on any atom is -0.481 e. The van der Waals surface area contributed by atoms with Gasteiger partial charge in [0.1, 0.15) is 0 Å². The van der Waals surface area contributed by atoms with Crippen LogP contribution in [0.25, 0.3) is 0 Å². The fraction of sp³-hybridized carbons (Fsp3) is 0.579. The molecular formula is C19H25NO4. The number of nitrogens with zero attached hydrogens (tertiary/aromatic N) is 1. The SMILES string of the molecule is O=C(O)C[C@H]1CN(C(=O)C2CCC(c3ccccc3)CC2)CCO1. The van der Waals surface area contributed by atoms with Crippen molar-refractivity contribution in [2.75, 3.05) is 19.7 Å².